The van der Waals surface area contributed by atoms with Gasteiger partial charge in [0, 0.05) is 23.2 Å². The number of nitrogens with one attached hydrogen (secondary N) is 1. The zero-order valence-electron chi connectivity index (χ0n) is 17.6. The normalized spacial score (nSPS) is 12.0. The third kappa shape index (κ3) is 6.03. The first-order valence-electron chi connectivity index (χ1n) is 10.0. The third-order valence-corrected chi connectivity index (χ3v) is 4.90. The van der Waals surface area contributed by atoms with Gasteiger partial charge in [-0.25, -0.2) is 9.38 Å². The van der Waals surface area contributed by atoms with Crippen molar-refractivity contribution in [2.75, 3.05) is 6.54 Å². The van der Waals surface area contributed by atoms with Crippen molar-refractivity contribution in [2.45, 2.75) is 26.4 Å². The Hall–Kier alpha value is -3.48. The molecule has 0 aromatic heterocycles. The first-order valence-corrected chi connectivity index (χ1v) is 10.0. The molecule has 0 spiro atoms. The topological polar surface area (TPSA) is 41.5 Å². The van der Waals surface area contributed by atoms with Crippen molar-refractivity contribution < 1.29 is 22.4 Å². The van der Waals surface area contributed by atoms with Gasteiger partial charge in [-0.15, -0.1) is 0 Å². The monoisotopic (exact) mass is 442 g/mol. The smallest absolute Gasteiger partial charge is 0.352 e. The molecule has 1 amide bonds. The Bertz CT molecular complexity index is 1150. The molecule has 0 saturated heterocycles. The van der Waals surface area contributed by atoms with Crippen molar-refractivity contribution in [3.8, 4) is 0 Å². The summed E-state index contributed by atoms with van der Waals surface area (Å²) in [5.41, 5.74) is 4.26. The van der Waals surface area contributed by atoms with Gasteiger partial charge in [0.2, 0.25) is 0 Å². The highest BCUT2D eigenvalue weighted by molar-refractivity contribution is 6.15. The number of amides is 1. The van der Waals surface area contributed by atoms with E-state index in [1.807, 2.05) is 38.1 Å². The van der Waals surface area contributed by atoms with Gasteiger partial charge >= 0.3 is 6.18 Å². The molecule has 1 N–H and O–H groups in total. The molecule has 0 atom stereocenters. The van der Waals surface area contributed by atoms with Crippen LogP contribution < -0.4 is 5.32 Å². The van der Waals surface area contributed by atoms with Gasteiger partial charge in [-0.2, -0.15) is 13.2 Å². The van der Waals surface area contributed by atoms with Gasteiger partial charge < -0.3 is 5.32 Å². The van der Waals surface area contributed by atoms with Gasteiger partial charge in [-0.1, -0.05) is 42.5 Å². The van der Waals surface area contributed by atoms with E-state index in [2.05, 4.69) is 5.32 Å². The minimum Gasteiger partial charge on any atom is -0.352 e. The van der Waals surface area contributed by atoms with Crippen LogP contribution in [0.2, 0.25) is 0 Å². The molecule has 0 fully saturated rings. The van der Waals surface area contributed by atoms with Crippen molar-refractivity contribution >= 4 is 17.3 Å². The van der Waals surface area contributed by atoms with Crippen LogP contribution in [0.3, 0.4) is 0 Å². The molecule has 0 bridgehead atoms. The molecule has 32 heavy (non-hydrogen) atoms. The maximum absolute atomic E-state index is 13.9. The largest absolute Gasteiger partial charge is 0.390 e. The number of aliphatic imine (C=N–C) groups is 1. The summed E-state index contributed by atoms with van der Waals surface area (Å²) in [6.45, 7) is 3.22. The molecule has 3 aromatic rings. The van der Waals surface area contributed by atoms with Gasteiger partial charge in [0.25, 0.3) is 5.91 Å². The first-order chi connectivity index (χ1) is 15.1. The summed E-state index contributed by atoms with van der Waals surface area (Å²) in [5, 5.41) is 2.28. The molecule has 0 aliphatic carbocycles. The van der Waals surface area contributed by atoms with Crippen LogP contribution >= 0.6 is 0 Å². The van der Waals surface area contributed by atoms with E-state index in [9.17, 15) is 22.4 Å². The zero-order chi connectivity index (χ0) is 23.3. The quantitative estimate of drug-likeness (QED) is 0.354. The predicted molar refractivity (Wildman–Crippen MR) is 117 cm³/mol. The van der Waals surface area contributed by atoms with E-state index in [1.54, 1.807) is 18.2 Å². The van der Waals surface area contributed by atoms with Crippen LogP contribution in [-0.2, 0) is 0 Å². The Morgan fingerprint density at radius 3 is 2.34 bits per heavy atom. The molecule has 0 unspecified atom stereocenters. The second-order valence-electron chi connectivity index (χ2n) is 7.41. The number of carbonyl (C=O) groups excluding carboxylic acids is 1. The summed E-state index contributed by atoms with van der Waals surface area (Å²) in [6, 6.07) is 18.3. The van der Waals surface area contributed by atoms with Gasteiger partial charge in [0.15, 0.2) is 0 Å². The lowest BCUT2D eigenvalue weighted by Crippen LogP contribution is -2.27. The van der Waals surface area contributed by atoms with Gasteiger partial charge in [0.1, 0.15) is 5.82 Å². The van der Waals surface area contributed by atoms with Gasteiger partial charge in [-0.05, 0) is 49.2 Å². The Morgan fingerprint density at radius 2 is 1.66 bits per heavy atom. The fourth-order valence-corrected chi connectivity index (χ4v) is 3.17. The molecular weight excluding hydrogens is 420 g/mol. The Balaban J connectivity index is 2.01. The fraction of sp³-hybridized carbons (Fsp3) is 0.200. The van der Waals surface area contributed by atoms with Crippen molar-refractivity contribution in [3.05, 3.63) is 100 Å². The highest BCUT2D eigenvalue weighted by atomic mass is 19.4. The lowest BCUT2D eigenvalue weighted by molar-refractivity contribution is -0.132. The minimum absolute atomic E-state index is 0.194. The molecule has 166 valence electrons. The summed E-state index contributed by atoms with van der Waals surface area (Å²) < 4.78 is 51.0. The summed E-state index contributed by atoms with van der Waals surface area (Å²) >= 11 is 0. The summed E-state index contributed by atoms with van der Waals surface area (Å²) in [6.07, 6.45) is -5.45. The number of aryl methyl sites for hydroxylation is 2. The van der Waals surface area contributed by atoms with E-state index >= 15 is 0 Å². The molecule has 3 nitrogen and oxygen atoms in total. The zero-order valence-corrected chi connectivity index (χ0v) is 17.6. The van der Waals surface area contributed by atoms with E-state index in [4.69, 9.17) is 4.99 Å². The van der Waals surface area contributed by atoms with Crippen molar-refractivity contribution in [2.24, 2.45) is 4.99 Å². The van der Waals surface area contributed by atoms with E-state index in [-0.39, 0.29) is 5.56 Å². The SMILES string of the molecule is Cc1ccc(C(=O)NCCC(F)(F)F)cc1N=C(c1cccc(F)c1)c1ccccc1C. The van der Waals surface area contributed by atoms with E-state index in [0.717, 1.165) is 16.7 Å². The highest BCUT2D eigenvalue weighted by Crippen LogP contribution is 2.25. The third-order valence-electron chi connectivity index (χ3n) is 4.90. The van der Waals surface area contributed by atoms with Crippen LogP contribution in [0.25, 0.3) is 0 Å². The molecule has 0 heterocycles. The molecule has 0 saturated carbocycles. The second kappa shape index (κ2) is 9.77. The average molecular weight is 442 g/mol. The van der Waals surface area contributed by atoms with Crippen LogP contribution in [0, 0.1) is 19.7 Å². The standard InChI is InChI=1S/C25H22F4N2O/c1-16-6-3-4-9-21(16)23(18-7-5-8-20(26)14-18)31-22-15-19(11-10-17(22)2)24(32)30-13-12-25(27,28)29/h3-11,14-15H,12-13H2,1-2H3,(H,30,32). The van der Waals surface area contributed by atoms with Crippen LogP contribution in [0.5, 0.6) is 0 Å². The van der Waals surface area contributed by atoms with Crippen LogP contribution in [-0.4, -0.2) is 24.3 Å². The van der Waals surface area contributed by atoms with Crippen LogP contribution in [0.1, 0.15) is 39.0 Å². The number of hydrogen-bond acceptors (Lipinski definition) is 2. The van der Waals surface area contributed by atoms with Gasteiger partial charge in [-0.3, -0.25) is 4.79 Å². The summed E-state index contributed by atoms with van der Waals surface area (Å²) in [7, 11) is 0. The number of benzene rings is 3. The average Bonchev–Trinajstić information content (AvgIpc) is 2.73. The lowest BCUT2D eigenvalue weighted by Gasteiger charge is -2.13. The highest BCUT2D eigenvalue weighted by Gasteiger charge is 2.26. The number of hydrogen-bond donors (Lipinski definition) is 1. The number of alkyl halides is 3. The molecule has 7 heteroatoms. The maximum Gasteiger partial charge on any atom is 0.390 e. The number of carbonyl (C=O) groups is 1. The van der Waals surface area contributed by atoms with Crippen LogP contribution in [0.15, 0.2) is 71.7 Å². The fourth-order valence-electron chi connectivity index (χ4n) is 3.17. The molecule has 0 aliphatic heterocycles. The Kier molecular flexibility index (Phi) is 7.08. The van der Waals surface area contributed by atoms with Crippen molar-refractivity contribution in [1.82, 2.24) is 5.32 Å². The minimum atomic E-state index is -4.34. The first kappa shape index (κ1) is 23.2. The summed E-state index contributed by atoms with van der Waals surface area (Å²) in [5.74, 6) is -1.02. The molecule has 0 radical (unpaired) electrons. The number of rotatable bonds is 6. The molecule has 3 rings (SSSR count). The molecule has 3 aromatic carbocycles. The number of halogens is 4. The predicted octanol–water partition coefficient (Wildman–Crippen LogP) is 6.29. The van der Waals surface area contributed by atoms with E-state index in [0.29, 0.717) is 17.0 Å². The Morgan fingerprint density at radius 1 is 0.906 bits per heavy atom. The lowest BCUT2D eigenvalue weighted by atomic mass is 9.97. The Labute approximate surface area is 183 Å². The van der Waals surface area contributed by atoms with E-state index in [1.165, 1.54) is 24.3 Å². The number of nitrogens with zero attached hydrogens (tertiary/aromatic N) is 1. The molecule has 0 aliphatic rings. The van der Waals surface area contributed by atoms with Crippen molar-refractivity contribution in [1.29, 1.82) is 0 Å². The second-order valence-corrected chi connectivity index (χ2v) is 7.41. The van der Waals surface area contributed by atoms with Crippen molar-refractivity contribution in [3.63, 3.8) is 0 Å². The van der Waals surface area contributed by atoms with Crippen LogP contribution in [0.4, 0.5) is 23.2 Å². The van der Waals surface area contributed by atoms with Gasteiger partial charge in [0.05, 0.1) is 17.8 Å². The molecular formula is C25H22F4N2O. The summed E-state index contributed by atoms with van der Waals surface area (Å²) in [4.78, 5) is 17.1. The maximum atomic E-state index is 13.9. The van der Waals surface area contributed by atoms with E-state index < -0.39 is 30.9 Å².